The molecule has 0 radical (unpaired) electrons. The number of rotatable bonds is 10. The fraction of sp³-hybridized carbons (Fsp3) is 0.500. The number of thiazole rings is 1. The molecule has 1 heterocycles. The van der Waals surface area contributed by atoms with E-state index < -0.39 is 0 Å². The molecule has 2 N–H and O–H groups in total. The van der Waals surface area contributed by atoms with E-state index in [1.807, 2.05) is 25.3 Å². The highest BCUT2D eigenvalue weighted by Crippen LogP contribution is 2.34. The van der Waals surface area contributed by atoms with Crippen molar-refractivity contribution >= 4 is 41.3 Å². The van der Waals surface area contributed by atoms with Crippen LogP contribution in [0.4, 0.5) is 0 Å². The molecule has 0 bridgehead atoms. The molecule has 0 aliphatic rings. The zero-order valence-corrected chi connectivity index (χ0v) is 20.9. The number of hydrogen-bond acceptors (Lipinski definition) is 6. The number of methoxy groups -OCH3 is 3. The maximum absolute atomic E-state index is 5.48. The van der Waals surface area contributed by atoms with Gasteiger partial charge in [-0.1, -0.05) is 6.92 Å². The number of ether oxygens (including phenoxy) is 3. The minimum atomic E-state index is 0. The highest BCUT2D eigenvalue weighted by molar-refractivity contribution is 14.0. The lowest BCUT2D eigenvalue weighted by Crippen LogP contribution is -2.38. The molecule has 0 amide bonds. The molecule has 0 aliphatic heterocycles. The van der Waals surface area contributed by atoms with Crippen LogP contribution in [0.15, 0.2) is 23.3 Å². The topological polar surface area (TPSA) is 77.0 Å². The fourth-order valence-electron chi connectivity index (χ4n) is 2.64. The van der Waals surface area contributed by atoms with Gasteiger partial charge in [-0.15, -0.1) is 35.3 Å². The third kappa shape index (κ3) is 7.54. The number of guanidine groups is 1. The largest absolute Gasteiger partial charge is 0.496 e. The van der Waals surface area contributed by atoms with E-state index in [-0.39, 0.29) is 24.0 Å². The molecule has 0 saturated heterocycles. The Balaban J connectivity index is 0.00000420. The zero-order chi connectivity index (χ0) is 20.4. The molecule has 9 heteroatoms. The Morgan fingerprint density at radius 1 is 1.03 bits per heavy atom. The van der Waals surface area contributed by atoms with Crippen molar-refractivity contribution in [1.82, 2.24) is 15.6 Å². The van der Waals surface area contributed by atoms with Crippen LogP contribution >= 0.6 is 35.3 Å². The normalized spacial score (nSPS) is 10.9. The number of hydrogen-bond donors (Lipinski definition) is 2. The first kappa shape index (κ1) is 25.3. The quantitative estimate of drug-likeness (QED) is 0.276. The first-order valence-electron chi connectivity index (χ1n) is 9.39. The lowest BCUT2D eigenvalue weighted by Gasteiger charge is -2.14. The molecule has 162 valence electrons. The molecule has 0 saturated carbocycles. The van der Waals surface area contributed by atoms with E-state index in [2.05, 4.69) is 27.5 Å². The minimum Gasteiger partial charge on any atom is -0.496 e. The van der Waals surface area contributed by atoms with Gasteiger partial charge in [-0.2, -0.15) is 0 Å². The zero-order valence-electron chi connectivity index (χ0n) is 17.7. The molecule has 29 heavy (non-hydrogen) atoms. The third-order valence-electron chi connectivity index (χ3n) is 4.12. The van der Waals surface area contributed by atoms with Crippen LogP contribution in [-0.2, 0) is 19.4 Å². The van der Waals surface area contributed by atoms with E-state index in [1.54, 1.807) is 32.7 Å². The molecular weight excluding hydrogens is 503 g/mol. The van der Waals surface area contributed by atoms with Gasteiger partial charge in [0, 0.05) is 42.2 Å². The molecule has 1 aromatic heterocycles. The van der Waals surface area contributed by atoms with Crippen molar-refractivity contribution in [3.8, 4) is 17.2 Å². The van der Waals surface area contributed by atoms with Crippen LogP contribution < -0.4 is 24.8 Å². The molecule has 0 fully saturated rings. The third-order valence-corrected chi connectivity index (χ3v) is 5.32. The van der Waals surface area contributed by atoms with Gasteiger partial charge in [0.2, 0.25) is 0 Å². The van der Waals surface area contributed by atoms with Crippen molar-refractivity contribution < 1.29 is 14.2 Å². The SMILES string of the molecule is CCNC(=NCc1cc(OC)c(OC)cc1OC)NCCc1ncc(CC)s1.I. The summed E-state index contributed by atoms with van der Waals surface area (Å²) in [4.78, 5) is 10.5. The van der Waals surface area contributed by atoms with Crippen LogP contribution in [0.2, 0.25) is 0 Å². The summed E-state index contributed by atoms with van der Waals surface area (Å²) in [6.45, 7) is 6.20. The Bertz CT molecular complexity index is 783. The maximum Gasteiger partial charge on any atom is 0.191 e. The van der Waals surface area contributed by atoms with Gasteiger partial charge in [-0.05, 0) is 19.4 Å². The fourth-order valence-corrected chi connectivity index (χ4v) is 3.50. The number of aryl methyl sites for hydroxylation is 1. The summed E-state index contributed by atoms with van der Waals surface area (Å²) in [7, 11) is 4.86. The van der Waals surface area contributed by atoms with Crippen LogP contribution in [0.1, 0.15) is 29.3 Å². The molecule has 0 spiro atoms. The van der Waals surface area contributed by atoms with Gasteiger partial charge in [-0.3, -0.25) is 0 Å². The molecular formula is C20H31IN4O3S. The standard InChI is InChI=1S/C20H30N4O3S.HI/c1-6-15-13-23-19(28-15)8-9-22-20(21-7-2)24-12-14-10-17(26-4)18(27-5)11-16(14)25-3;/h10-11,13H,6-9,12H2,1-5H3,(H2,21,22,24);1H. The Morgan fingerprint density at radius 3 is 2.31 bits per heavy atom. The van der Waals surface area contributed by atoms with Crippen LogP contribution in [0.5, 0.6) is 17.2 Å². The van der Waals surface area contributed by atoms with Crippen LogP contribution in [-0.4, -0.2) is 45.4 Å². The summed E-state index contributed by atoms with van der Waals surface area (Å²) in [6, 6.07) is 3.71. The van der Waals surface area contributed by atoms with Crippen molar-refractivity contribution in [3.63, 3.8) is 0 Å². The average molecular weight is 534 g/mol. The molecule has 0 atom stereocenters. The lowest BCUT2D eigenvalue weighted by atomic mass is 10.1. The number of halogens is 1. The van der Waals surface area contributed by atoms with E-state index in [0.29, 0.717) is 23.8 Å². The van der Waals surface area contributed by atoms with E-state index in [4.69, 9.17) is 14.2 Å². The Labute approximate surface area is 194 Å². The molecule has 0 unspecified atom stereocenters. The van der Waals surface area contributed by atoms with Gasteiger partial charge in [0.15, 0.2) is 17.5 Å². The summed E-state index contributed by atoms with van der Waals surface area (Å²) in [5.74, 6) is 2.76. The molecule has 7 nitrogen and oxygen atoms in total. The second kappa shape index (κ2) is 13.5. The van der Waals surface area contributed by atoms with Crippen LogP contribution in [0.25, 0.3) is 0 Å². The first-order chi connectivity index (χ1) is 13.6. The molecule has 2 rings (SSSR count). The minimum absolute atomic E-state index is 0. The maximum atomic E-state index is 5.48. The van der Waals surface area contributed by atoms with Gasteiger partial charge in [0.1, 0.15) is 5.75 Å². The monoisotopic (exact) mass is 534 g/mol. The molecule has 1 aromatic carbocycles. The number of benzene rings is 1. The van der Waals surface area contributed by atoms with E-state index in [1.165, 1.54) is 4.88 Å². The number of nitrogens with one attached hydrogen (secondary N) is 2. The summed E-state index contributed by atoms with van der Waals surface area (Å²) < 4.78 is 16.2. The van der Waals surface area contributed by atoms with Gasteiger partial charge in [0.25, 0.3) is 0 Å². The van der Waals surface area contributed by atoms with Crippen LogP contribution in [0.3, 0.4) is 0 Å². The van der Waals surface area contributed by atoms with Gasteiger partial charge in [-0.25, -0.2) is 9.98 Å². The summed E-state index contributed by atoms with van der Waals surface area (Å²) >= 11 is 1.77. The number of nitrogens with zero attached hydrogens (tertiary/aromatic N) is 2. The second-order valence-electron chi connectivity index (χ2n) is 5.96. The van der Waals surface area contributed by atoms with E-state index >= 15 is 0 Å². The predicted octanol–water partition coefficient (Wildman–Crippen LogP) is 3.65. The smallest absolute Gasteiger partial charge is 0.191 e. The summed E-state index contributed by atoms with van der Waals surface area (Å²) in [6.07, 6.45) is 3.86. The molecule has 0 aliphatic carbocycles. The lowest BCUT2D eigenvalue weighted by molar-refractivity contribution is 0.347. The van der Waals surface area contributed by atoms with E-state index in [0.717, 1.165) is 42.5 Å². The first-order valence-corrected chi connectivity index (χ1v) is 10.2. The Hall–Kier alpha value is -1.75. The number of aromatic nitrogens is 1. The predicted molar refractivity (Wildman–Crippen MR) is 130 cm³/mol. The Morgan fingerprint density at radius 2 is 1.72 bits per heavy atom. The van der Waals surface area contributed by atoms with Gasteiger partial charge >= 0.3 is 0 Å². The summed E-state index contributed by atoms with van der Waals surface area (Å²) in [5, 5.41) is 7.77. The van der Waals surface area contributed by atoms with Crippen molar-refractivity contribution in [3.05, 3.63) is 33.8 Å². The van der Waals surface area contributed by atoms with Crippen molar-refractivity contribution in [2.24, 2.45) is 4.99 Å². The Kier molecular flexibility index (Phi) is 11.7. The average Bonchev–Trinajstić information content (AvgIpc) is 3.19. The van der Waals surface area contributed by atoms with Crippen molar-refractivity contribution in [2.75, 3.05) is 34.4 Å². The van der Waals surface area contributed by atoms with Gasteiger partial charge < -0.3 is 24.8 Å². The van der Waals surface area contributed by atoms with Gasteiger partial charge in [0.05, 0.1) is 32.9 Å². The second-order valence-corrected chi connectivity index (χ2v) is 7.16. The van der Waals surface area contributed by atoms with Crippen molar-refractivity contribution in [2.45, 2.75) is 33.2 Å². The molecule has 2 aromatic rings. The van der Waals surface area contributed by atoms with Crippen LogP contribution in [0, 0.1) is 0 Å². The highest BCUT2D eigenvalue weighted by atomic mass is 127. The van der Waals surface area contributed by atoms with Crippen molar-refractivity contribution in [1.29, 1.82) is 0 Å². The van der Waals surface area contributed by atoms with E-state index in [9.17, 15) is 0 Å². The number of aliphatic imine (C=N–C) groups is 1. The summed E-state index contributed by atoms with van der Waals surface area (Å²) in [5.41, 5.74) is 0.921. The highest BCUT2D eigenvalue weighted by Gasteiger charge is 2.12.